The summed E-state index contributed by atoms with van der Waals surface area (Å²) in [6, 6.07) is 0.150. The minimum Gasteiger partial charge on any atom is -0.395 e. The number of likely N-dealkylation sites (tertiary alicyclic amines) is 1. The predicted octanol–water partition coefficient (Wildman–Crippen LogP) is 0.124. The van der Waals surface area contributed by atoms with Gasteiger partial charge in [0.2, 0.25) is 0 Å². The van der Waals surface area contributed by atoms with Crippen molar-refractivity contribution < 1.29 is 13.5 Å². The predicted molar refractivity (Wildman–Crippen MR) is 60.6 cm³/mol. The molecule has 1 heterocycles. The zero-order valence-corrected chi connectivity index (χ0v) is 10.3. The number of nitrogens with zero attached hydrogens (tertiary/aromatic N) is 1. The summed E-state index contributed by atoms with van der Waals surface area (Å²) in [6.45, 7) is 5.38. The lowest BCUT2D eigenvalue weighted by Crippen LogP contribution is -2.38. The van der Waals surface area contributed by atoms with Crippen molar-refractivity contribution >= 4 is 9.84 Å². The van der Waals surface area contributed by atoms with Crippen LogP contribution in [-0.2, 0) is 9.84 Å². The molecular formula is C10H21NO3S. The summed E-state index contributed by atoms with van der Waals surface area (Å²) in [5.74, 6) is 0.895. The van der Waals surface area contributed by atoms with Gasteiger partial charge in [-0.05, 0) is 18.9 Å². The molecule has 0 aliphatic carbocycles. The summed E-state index contributed by atoms with van der Waals surface area (Å²) < 4.78 is 22.7. The summed E-state index contributed by atoms with van der Waals surface area (Å²) in [6.07, 6.45) is 1.05. The van der Waals surface area contributed by atoms with Crippen molar-refractivity contribution in [2.75, 3.05) is 31.2 Å². The van der Waals surface area contributed by atoms with E-state index in [-0.39, 0.29) is 24.2 Å². The van der Waals surface area contributed by atoms with Crippen LogP contribution in [0.4, 0.5) is 0 Å². The van der Waals surface area contributed by atoms with Gasteiger partial charge in [-0.2, -0.15) is 0 Å². The largest absolute Gasteiger partial charge is 0.395 e. The van der Waals surface area contributed by atoms with Crippen molar-refractivity contribution in [1.82, 2.24) is 4.90 Å². The third kappa shape index (κ3) is 3.43. The van der Waals surface area contributed by atoms with Crippen LogP contribution in [0.2, 0.25) is 0 Å². The van der Waals surface area contributed by atoms with E-state index in [1.807, 2.05) is 0 Å². The van der Waals surface area contributed by atoms with E-state index in [1.165, 1.54) is 0 Å². The monoisotopic (exact) mass is 235 g/mol. The Morgan fingerprint density at radius 2 is 2.13 bits per heavy atom. The molecule has 1 fully saturated rings. The van der Waals surface area contributed by atoms with Crippen molar-refractivity contribution in [1.29, 1.82) is 0 Å². The van der Waals surface area contributed by atoms with E-state index in [4.69, 9.17) is 0 Å². The molecule has 0 radical (unpaired) electrons. The second-order valence-corrected chi connectivity index (χ2v) is 6.76. The molecule has 15 heavy (non-hydrogen) atoms. The van der Waals surface area contributed by atoms with E-state index in [1.54, 1.807) is 6.92 Å². The SMILES string of the molecule is CCS(=O)(=O)CCN1CCC(C)C1CO. The zero-order chi connectivity index (χ0) is 11.5. The van der Waals surface area contributed by atoms with Crippen LogP contribution in [0.25, 0.3) is 0 Å². The van der Waals surface area contributed by atoms with E-state index in [0.717, 1.165) is 13.0 Å². The van der Waals surface area contributed by atoms with Gasteiger partial charge in [0.1, 0.15) is 0 Å². The Morgan fingerprint density at radius 3 is 2.67 bits per heavy atom. The molecule has 0 saturated carbocycles. The number of hydrogen-bond acceptors (Lipinski definition) is 4. The molecule has 2 unspecified atom stereocenters. The number of sulfone groups is 1. The third-order valence-corrected chi connectivity index (χ3v) is 5.00. The first-order valence-corrected chi connectivity index (χ1v) is 7.37. The van der Waals surface area contributed by atoms with Gasteiger partial charge >= 0.3 is 0 Å². The van der Waals surface area contributed by atoms with Gasteiger partial charge in [-0.25, -0.2) is 8.42 Å². The molecule has 0 spiro atoms. The van der Waals surface area contributed by atoms with Crippen molar-refractivity contribution in [2.45, 2.75) is 26.3 Å². The summed E-state index contributed by atoms with van der Waals surface area (Å²) >= 11 is 0. The van der Waals surface area contributed by atoms with Gasteiger partial charge in [-0.1, -0.05) is 13.8 Å². The lowest BCUT2D eigenvalue weighted by atomic mass is 10.0. The van der Waals surface area contributed by atoms with Crippen molar-refractivity contribution in [3.8, 4) is 0 Å². The van der Waals surface area contributed by atoms with Gasteiger partial charge in [0.05, 0.1) is 12.4 Å². The Bertz CT molecular complexity index is 289. The Balaban J connectivity index is 2.46. The summed E-state index contributed by atoms with van der Waals surface area (Å²) in [5, 5.41) is 9.20. The molecule has 2 atom stereocenters. The molecule has 1 aliphatic heterocycles. The number of rotatable bonds is 5. The zero-order valence-electron chi connectivity index (χ0n) is 9.52. The van der Waals surface area contributed by atoms with Crippen molar-refractivity contribution in [2.24, 2.45) is 5.92 Å². The molecule has 0 amide bonds. The fourth-order valence-electron chi connectivity index (χ4n) is 2.06. The molecule has 1 N–H and O–H groups in total. The molecule has 0 aromatic rings. The number of aliphatic hydroxyl groups is 1. The first kappa shape index (κ1) is 12.9. The van der Waals surface area contributed by atoms with Gasteiger partial charge in [0, 0.05) is 18.3 Å². The van der Waals surface area contributed by atoms with Crippen LogP contribution in [-0.4, -0.2) is 55.7 Å². The highest BCUT2D eigenvalue weighted by molar-refractivity contribution is 7.91. The maximum absolute atomic E-state index is 11.3. The summed E-state index contributed by atoms with van der Waals surface area (Å²) in [7, 11) is -2.88. The molecule has 0 bridgehead atoms. The Hall–Kier alpha value is -0.130. The second-order valence-electron chi connectivity index (χ2n) is 4.29. The molecule has 5 heteroatoms. The smallest absolute Gasteiger partial charge is 0.151 e. The fraction of sp³-hybridized carbons (Fsp3) is 1.00. The van der Waals surface area contributed by atoms with Crippen LogP contribution in [0.3, 0.4) is 0 Å². The first-order valence-electron chi connectivity index (χ1n) is 5.55. The van der Waals surface area contributed by atoms with Crippen molar-refractivity contribution in [3.05, 3.63) is 0 Å². The average molecular weight is 235 g/mol. The highest BCUT2D eigenvalue weighted by atomic mass is 32.2. The molecule has 1 aliphatic rings. The molecule has 0 aromatic heterocycles. The van der Waals surface area contributed by atoms with Crippen LogP contribution in [0.5, 0.6) is 0 Å². The normalized spacial score (nSPS) is 28.5. The van der Waals surface area contributed by atoms with Crippen LogP contribution in [0.15, 0.2) is 0 Å². The van der Waals surface area contributed by atoms with Crippen LogP contribution in [0.1, 0.15) is 20.3 Å². The standard InChI is InChI=1S/C10H21NO3S/c1-3-15(13,14)7-6-11-5-4-9(2)10(11)8-12/h9-10,12H,3-8H2,1-2H3. The fourth-order valence-corrected chi connectivity index (χ4v) is 2.86. The Kier molecular flexibility index (Phi) is 4.55. The molecule has 1 rings (SSSR count). The minimum absolute atomic E-state index is 0.132. The van der Waals surface area contributed by atoms with Crippen molar-refractivity contribution in [3.63, 3.8) is 0 Å². The van der Waals surface area contributed by atoms with Gasteiger partial charge in [-0.15, -0.1) is 0 Å². The maximum atomic E-state index is 11.3. The number of aliphatic hydroxyl groups excluding tert-OH is 1. The second kappa shape index (κ2) is 5.27. The maximum Gasteiger partial charge on any atom is 0.151 e. The lowest BCUT2D eigenvalue weighted by Gasteiger charge is -2.24. The van der Waals surface area contributed by atoms with Crippen LogP contribution in [0, 0.1) is 5.92 Å². The van der Waals surface area contributed by atoms with E-state index >= 15 is 0 Å². The van der Waals surface area contributed by atoms with Gasteiger partial charge in [-0.3, -0.25) is 4.90 Å². The van der Waals surface area contributed by atoms with Gasteiger partial charge in [0.15, 0.2) is 9.84 Å². The molecule has 1 saturated heterocycles. The summed E-state index contributed by atoms with van der Waals surface area (Å²) in [5.41, 5.74) is 0. The van der Waals surface area contributed by atoms with Crippen LogP contribution >= 0.6 is 0 Å². The highest BCUT2D eigenvalue weighted by Crippen LogP contribution is 2.22. The Morgan fingerprint density at radius 1 is 1.47 bits per heavy atom. The van der Waals surface area contributed by atoms with Crippen LogP contribution < -0.4 is 0 Å². The quantitative estimate of drug-likeness (QED) is 0.735. The molecule has 4 nitrogen and oxygen atoms in total. The van der Waals surface area contributed by atoms with E-state index in [0.29, 0.717) is 12.5 Å². The molecule has 0 aromatic carbocycles. The van der Waals surface area contributed by atoms with Gasteiger partial charge < -0.3 is 5.11 Å². The van der Waals surface area contributed by atoms with E-state index in [2.05, 4.69) is 11.8 Å². The first-order chi connectivity index (χ1) is 7.00. The topological polar surface area (TPSA) is 57.6 Å². The average Bonchev–Trinajstić information content (AvgIpc) is 2.56. The summed E-state index contributed by atoms with van der Waals surface area (Å²) in [4.78, 5) is 2.10. The lowest BCUT2D eigenvalue weighted by molar-refractivity contribution is 0.145. The highest BCUT2D eigenvalue weighted by Gasteiger charge is 2.30. The molecular weight excluding hydrogens is 214 g/mol. The van der Waals surface area contributed by atoms with E-state index in [9.17, 15) is 13.5 Å². The molecule has 90 valence electrons. The third-order valence-electron chi connectivity index (χ3n) is 3.31. The van der Waals surface area contributed by atoms with E-state index < -0.39 is 9.84 Å². The minimum atomic E-state index is -2.88. The Labute approximate surface area is 92.2 Å². The number of hydrogen-bond donors (Lipinski definition) is 1. The van der Waals surface area contributed by atoms with Gasteiger partial charge in [0.25, 0.3) is 0 Å².